The summed E-state index contributed by atoms with van der Waals surface area (Å²) in [6.07, 6.45) is 0.945. The number of hydrogen-bond donors (Lipinski definition) is 1. The molecule has 3 rings (SSSR count). The van der Waals surface area contributed by atoms with Crippen molar-refractivity contribution in [1.82, 2.24) is 15.1 Å². The molecule has 2 aliphatic rings. The molecule has 0 aromatic heterocycles. The van der Waals surface area contributed by atoms with Crippen molar-refractivity contribution in [2.24, 2.45) is 0 Å². The zero-order valence-corrected chi connectivity index (χ0v) is 14.7. The van der Waals surface area contributed by atoms with Gasteiger partial charge in [0.1, 0.15) is 11.8 Å². The van der Waals surface area contributed by atoms with Crippen molar-refractivity contribution < 1.29 is 14.3 Å². The highest BCUT2D eigenvalue weighted by molar-refractivity contribution is 5.77. The van der Waals surface area contributed by atoms with Gasteiger partial charge in [0.2, 0.25) is 0 Å². The molecule has 2 aliphatic heterocycles. The van der Waals surface area contributed by atoms with E-state index in [0.29, 0.717) is 24.5 Å². The van der Waals surface area contributed by atoms with Crippen LogP contribution in [0, 0.1) is 11.3 Å². The van der Waals surface area contributed by atoms with E-state index in [-0.39, 0.29) is 18.1 Å². The summed E-state index contributed by atoms with van der Waals surface area (Å²) in [6.45, 7) is 3.73. The SMILES string of the molecule is COCCN1C(=O)N[C@@H]2CN(Cc3ccc(C#N)c(OC)c3)CC[C@@H]21. The number of likely N-dealkylation sites (tertiary alicyclic amines) is 1. The van der Waals surface area contributed by atoms with Gasteiger partial charge >= 0.3 is 6.03 Å². The largest absolute Gasteiger partial charge is 0.495 e. The minimum atomic E-state index is 0.00828. The van der Waals surface area contributed by atoms with Crippen LogP contribution in [0.4, 0.5) is 4.79 Å². The van der Waals surface area contributed by atoms with Gasteiger partial charge in [-0.05, 0) is 24.1 Å². The van der Waals surface area contributed by atoms with Crippen molar-refractivity contribution in [2.45, 2.75) is 25.0 Å². The maximum absolute atomic E-state index is 12.2. The molecule has 1 N–H and O–H groups in total. The molecule has 0 aliphatic carbocycles. The van der Waals surface area contributed by atoms with Gasteiger partial charge in [0.05, 0.1) is 31.4 Å². The number of benzene rings is 1. The Balaban J connectivity index is 1.62. The van der Waals surface area contributed by atoms with Crippen LogP contribution >= 0.6 is 0 Å². The lowest BCUT2D eigenvalue weighted by molar-refractivity contribution is 0.111. The third kappa shape index (κ3) is 3.70. The Labute approximate surface area is 148 Å². The zero-order chi connectivity index (χ0) is 17.8. The molecule has 2 heterocycles. The van der Waals surface area contributed by atoms with Gasteiger partial charge in [0.15, 0.2) is 0 Å². The normalized spacial score (nSPS) is 23.1. The van der Waals surface area contributed by atoms with Crippen LogP contribution in [0.25, 0.3) is 0 Å². The molecule has 0 bridgehead atoms. The van der Waals surface area contributed by atoms with Crippen molar-refractivity contribution in [3.05, 3.63) is 29.3 Å². The minimum Gasteiger partial charge on any atom is -0.495 e. The van der Waals surface area contributed by atoms with E-state index in [4.69, 9.17) is 14.7 Å². The predicted molar refractivity (Wildman–Crippen MR) is 92.3 cm³/mol. The van der Waals surface area contributed by atoms with Crippen LogP contribution in [0.1, 0.15) is 17.5 Å². The molecular formula is C18H24N4O3. The van der Waals surface area contributed by atoms with Gasteiger partial charge in [-0.2, -0.15) is 5.26 Å². The van der Waals surface area contributed by atoms with Crippen LogP contribution in [0.15, 0.2) is 18.2 Å². The van der Waals surface area contributed by atoms with Gasteiger partial charge in [-0.3, -0.25) is 4.90 Å². The first-order chi connectivity index (χ1) is 12.2. The summed E-state index contributed by atoms with van der Waals surface area (Å²) in [5.74, 6) is 0.606. The van der Waals surface area contributed by atoms with E-state index in [1.165, 1.54) is 0 Å². The van der Waals surface area contributed by atoms with Gasteiger partial charge in [-0.1, -0.05) is 6.07 Å². The molecule has 2 saturated heterocycles. The lowest BCUT2D eigenvalue weighted by atomic mass is 9.99. The molecule has 7 heteroatoms. The molecule has 1 aromatic carbocycles. The summed E-state index contributed by atoms with van der Waals surface area (Å²) in [7, 11) is 3.23. The van der Waals surface area contributed by atoms with Crippen molar-refractivity contribution in [2.75, 3.05) is 40.5 Å². The fourth-order valence-electron chi connectivity index (χ4n) is 3.70. The number of carbonyl (C=O) groups is 1. The second-order valence-corrected chi connectivity index (χ2v) is 6.48. The summed E-state index contributed by atoms with van der Waals surface area (Å²) in [5, 5.41) is 12.2. The fraction of sp³-hybridized carbons (Fsp3) is 0.556. The second kappa shape index (κ2) is 7.72. The van der Waals surface area contributed by atoms with E-state index in [1.807, 2.05) is 17.0 Å². The third-order valence-electron chi connectivity index (χ3n) is 4.96. The number of fused-ring (bicyclic) bond motifs is 1. The minimum absolute atomic E-state index is 0.00828. The number of carbonyl (C=O) groups excluding carboxylic acids is 1. The number of amides is 2. The van der Waals surface area contributed by atoms with Crippen LogP contribution in [0.3, 0.4) is 0 Å². The molecule has 134 valence electrons. The second-order valence-electron chi connectivity index (χ2n) is 6.48. The van der Waals surface area contributed by atoms with Crippen LogP contribution in [-0.4, -0.2) is 68.4 Å². The van der Waals surface area contributed by atoms with Crippen molar-refractivity contribution in [3.63, 3.8) is 0 Å². The highest BCUT2D eigenvalue weighted by Gasteiger charge is 2.42. The van der Waals surface area contributed by atoms with Crippen molar-refractivity contribution in [1.29, 1.82) is 5.26 Å². The van der Waals surface area contributed by atoms with Crippen LogP contribution in [0.5, 0.6) is 5.75 Å². The topological polar surface area (TPSA) is 77.8 Å². The van der Waals surface area contributed by atoms with E-state index >= 15 is 0 Å². The Morgan fingerprint density at radius 3 is 2.96 bits per heavy atom. The lowest BCUT2D eigenvalue weighted by Gasteiger charge is -2.36. The first-order valence-corrected chi connectivity index (χ1v) is 8.51. The summed E-state index contributed by atoms with van der Waals surface area (Å²) < 4.78 is 10.4. The van der Waals surface area contributed by atoms with Gasteiger partial charge in [-0.25, -0.2) is 4.79 Å². The van der Waals surface area contributed by atoms with E-state index in [9.17, 15) is 4.79 Å². The third-order valence-corrected chi connectivity index (χ3v) is 4.96. The maximum Gasteiger partial charge on any atom is 0.318 e. The van der Waals surface area contributed by atoms with E-state index in [0.717, 1.165) is 31.6 Å². The Morgan fingerprint density at radius 2 is 2.24 bits per heavy atom. The maximum atomic E-state index is 12.2. The quantitative estimate of drug-likeness (QED) is 0.838. The van der Waals surface area contributed by atoms with Crippen molar-refractivity contribution in [3.8, 4) is 11.8 Å². The number of ether oxygens (including phenoxy) is 2. The molecule has 2 amide bonds. The lowest BCUT2D eigenvalue weighted by Crippen LogP contribution is -2.51. The number of nitrogens with zero attached hydrogens (tertiary/aromatic N) is 3. The van der Waals surface area contributed by atoms with E-state index < -0.39 is 0 Å². The number of methoxy groups -OCH3 is 2. The summed E-state index contributed by atoms with van der Waals surface area (Å²) in [5.41, 5.74) is 1.65. The smallest absolute Gasteiger partial charge is 0.318 e. The Morgan fingerprint density at radius 1 is 1.40 bits per heavy atom. The van der Waals surface area contributed by atoms with Gasteiger partial charge < -0.3 is 19.7 Å². The summed E-state index contributed by atoms with van der Waals surface area (Å²) in [4.78, 5) is 16.4. The first-order valence-electron chi connectivity index (χ1n) is 8.51. The van der Waals surface area contributed by atoms with Crippen LogP contribution < -0.4 is 10.1 Å². The number of piperidine rings is 1. The van der Waals surface area contributed by atoms with Crippen molar-refractivity contribution >= 4 is 6.03 Å². The predicted octanol–water partition coefficient (Wildman–Crippen LogP) is 1.18. The molecule has 2 fully saturated rings. The molecule has 0 unspecified atom stereocenters. The van der Waals surface area contributed by atoms with Gasteiger partial charge in [-0.15, -0.1) is 0 Å². The van der Waals surface area contributed by atoms with Crippen LogP contribution in [-0.2, 0) is 11.3 Å². The van der Waals surface area contributed by atoms with Gasteiger partial charge in [0, 0.05) is 33.3 Å². The molecule has 7 nitrogen and oxygen atoms in total. The zero-order valence-electron chi connectivity index (χ0n) is 14.7. The first kappa shape index (κ1) is 17.5. The number of hydrogen-bond acceptors (Lipinski definition) is 5. The summed E-state index contributed by atoms with van der Waals surface area (Å²) in [6, 6.07) is 8.22. The molecule has 0 saturated carbocycles. The highest BCUT2D eigenvalue weighted by Crippen LogP contribution is 2.25. The average Bonchev–Trinajstić information content (AvgIpc) is 2.94. The summed E-state index contributed by atoms with van der Waals surface area (Å²) >= 11 is 0. The number of rotatable bonds is 6. The van der Waals surface area contributed by atoms with Crippen LogP contribution in [0.2, 0.25) is 0 Å². The Kier molecular flexibility index (Phi) is 5.41. The average molecular weight is 344 g/mol. The Hall–Kier alpha value is -2.30. The monoisotopic (exact) mass is 344 g/mol. The fourth-order valence-corrected chi connectivity index (χ4v) is 3.70. The number of urea groups is 1. The van der Waals surface area contributed by atoms with E-state index in [1.54, 1.807) is 20.3 Å². The molecule has 2 atom stereocenters. The molecule has 0 radical (unpaired) electrons. The molecule has 25 heavy (non-hydrogen) atoms. The molecule has 0 spiro atoms. The number of nitrogens with one attached hydrogen (secondary N) is 1. The molecular weight excluding hydrogens is 320 g/mol. The highest BCUT2D eigenvalue weighted by atomic mass is 16.5. The van der Waals surface area contributed by atoms with E-state index in [2.05, 4.69) is 16.3 Å². The number of nitriles is 1. The standard InChI is InChI=1S/C18H24N4O3/c1-24-8-7-22-16-5-6-21(12-15(16)20-18(22)23)11-13-3-4-14(10-19)17(9-13)25-2/h3-4,9,15-16H,5-8,11-12H2,1-2H3,(H,20,23)/t15-,16+/m1/s1. The van der Waals surface area contributed by atoms with Gasteiger partial charge in [0.25, 0.3) is 0 Å². The molecule has 1 aromatic rings. The Bertz CT molecular complexity index is 673.